The topological polar surface area (TPSA) is 133 Å². The number of oxazole rings is 1. The highest BCUT2D eigenvalue weighted by Crippen LogP contribution is 2.36. The van der Waals surface area contributed by atoms with E-state index in [1.807, 2.05) is 18.2 Å². The van der Waals surface area contributed by atoms with E-state index in [0.29, 0.717) is 30.0 Å². The molecule has 0 spiro atoms. The zero-order valence-electron chi connectivity index (χ0n) is 28.4. The zero-order valence-corrected chi connectivity index (χ0v) is 30.1. The van der Waals surface area contributed by atoms with Gasteiger partial charge in [0.05, 0.1) is 32.3 Å². The molecule has 15 heteroatoms. The van der Waals surface area contributed by atoms with Gasteiger partial charge < -0.3 is 23.5 Å². The van der Waals surface area contributed by atoms with Gasteiger partial charge in [0.15, 0.2) is 16.5 Å². The van der Waals surface area contributed by atoms with Gasteiger partial charge in [0, 0.05) is 36.3 Å². The number of fused-ring (bicyclic) bond motifs is 2. The van der Waals surface area contributed by atoms with Crippen LogP contribution in [0.4, 0.5) is 14.3 Å². The SMILES string of the molecule is COc1ccc(CN(c2nccs2)S(=O)(=O)c2ccc3c(oc(=O)n3C(C)c3cccc4c3CN(C(=O)OC(C)(C)C)CC4)c2F)c(OC)c1. The lowest BCUT2D eigenvalue weighted by Gasteiger charge is -2.33. The summed E-state index contributed by atoms with van der Waals surface area (Å²) < 4.78 is 68.9. The third-order valence-corrected chi connectivity index (χ3v) is 11.2. The van der Waals surface area contributed by atoms with Crippen LogP contribution >= 0.6 is 11.3 Å². The highest BCUT2D eigenvalue weighted by Gasteiger charge is 2.34. The Morgan fingerprint density at radius 2 is 1.92 bits per heavy atom. The van der Waals surface area contributed by atoms with Gasteiger partial charge in [-0.2, -0.15) is 0 Å². The van der Waals surface area contributed by atoms with Crippen molar-refractivity contribution in [2.24, 2.45) is 0 Å². The van der Waals surface area contributed by atoms with Crippen molar-refractivity contribution in [3.05, 3.63) is 98.7 Å². The number of thiazole rings is 1. The van der Waals surface area contributed by atoms with E-state index in [0.717, 1.165) is 38.4 Å². The standard InChI is InChI=1S/C35H37FN4O8S2/c1-21(25-9-7-8-22-14-16-38(20-26(22)25)33(41)48-35(2,3)4)40-27-12-13-29(30(36)31(27)47-34(40)42)50(43,44)39(32-37-15-17-49-32)19-23-10-11-24(45-5)18-28(23)46-6/h7-13,15,17-18,21H,14,16,19-20H2,1-6H3. The molecule has 1 amide bonds. The third kappa shape index (κ3) is 6.54. The number of ether oxygens (including phenoxy) is 3. The lowest BCUT2D eigenvalue weighted by atomic mass is 9.91. The predicted octanol–water partition coefficient (Wildman–Crippen LogP) is 6.51. The monoisotopic (exact) mass is 724 g/mol. The van der Waals surface area contributed by atoms with Gasteiger partial charge in [-0.15, -0.1) is 11.3 Å². The zero-order chi connectivity index (χ0) is 36.0. The Morgan fingerprint density at radius 1 is 1.14 bits per heavy atom. The van der Waals surface area contributed by atoms with E-state index < -0.39 is 49.8 Å². The summed E-state index contributed by atoms with van der Waals surface area (Å²) in [6.45, 7) is 7.68. The Kier molecular flexibility index (Phi) is 9.39. The van der Waals surface area contributed by atoms with Crippen LogP contribution in [0.1, 0.15) is 56.0 Å². The smallest absolute Gasteiger partial charge is 0.420 e. The molecule has 264 valence electrons. The fourth-order valence-corrected chi connectivity index (χ4v) is 8.41. The minimum Gasteiger partial charge on any atom is -0.497 e. The molecule has 12 nitrogen and oxygen atoms in total. The number of hydrogen-bond donors (Lipinski definition) is 0. The van der Waals surface area contributed by atoms with Crippen LogP contribution in [-0.2, 0) is 34.3 Å². The first-order valence-electron chi connectivity index (χ1n) is 15.8. The summed E-state index contributed by atoms with van der Waals surface area (Å²) in [4.78, 5) is 31.4. The molecule has 1 aliphatic heterocycles. The number of anilines is 1. The molecule has 50 heavy (non-hydrogen) atoms. The maximum atomic E-state index is 16.4. The van der Waals surface area contributed by atoms with Crippen molar-refractivity contribution in [1.82, 2.24) is 14.5 Å². The van der Waals surface area contributed by atoms with Crippen molar-refractivity contribution in [2.45, 2.75) is 63.7 Å². The number of halogens is 1. The van der Waals surface area contributed by atoms with Crippen LogP contribution in [0.15, 0.2) is 74.2 Å². The van der Waals surface area contributed by atoms with Gasteiger partial charge in [0.25, 0.3) is 10.0 Å². The van der Waals surface area contributed by atoms with E-state index in [-0.39, 0.29) is 23.7 Å². The number of aromatic nitrogens is 2. The second-order valence-electron chi connectivity index (χ2n) is 12.8. The van der Waals surface area contributed by atoms with E-state index in [9.17, 15) is 18.0 Å². The molecular formula is C35H37FN4O8S2. The molecule has 0 aliphatic carbocycles. The van der Waals surface area contributed by atoms with Crippen molar-refractivity contribution < 1.29 is 36.2 Å². The van der Waals surface area contributed by atoms with E-state index in [1.54, 1.807) is 56.2 Å². The molecule has 3 aromatic carbocycles. The highest BCUT2D eigenvalue weighted by molar-refractivity contribution is 7.93. The normalized spacial score (nSPS) is 13.9. The quantitative estimate of drug-likeness (QED) is 0.167. The summed E-state index contributed by atoms with van der Waals surface area (Å²) in [6.07, 6.45) is 1.59. The minimum atomic E-state index is -4.60. The van der Waals surface area contributed by atoms with Crippen molar-refractivity contribution in [2.75, 3.05) is 25.1 Å². The van der Waals surface area contributed by atoms with Gasteiger partial charge in [0.2, 0.25) is 0 Å². The minimum absolute atomic E-state index is 0.0778. The van der Waals surface area contributed by atoms with E-state index in [4.69, 9.17) is 18.6 Å². The van der Waals surface area contributed by atoms with Crippen molar-refractivity contribution >= 4 is 43.7 Å². The molecule has 0 N–H and O–H groups in total. The molecular weight excluding hydrogens is 688 g/mol. The van der Waals surface area contributed by atoms with Crippen LogP contribution in [-0.4, -0.2) is 55.3 Å². The van der Waals surface area contributed by atoms with E-state index in [1.165, 1.54) is 31.0 Å². The Morgan fingerprint density at radius 3 is 2.60 bits per heavy atom. The van der Waals surface area contributed by atoms with Crippen molar-refractivity contribution in [1.29, 1.82) is 0 Å². The summed E-state index contributed by atoms with van der Waals surface area (Å²) in [7, 11) is -1.65. The summed E-state index contributed by atoms with van der Waals surface area (Å²) in [6, 6.07) is 12.5. The molecule has 3 heterocycles. The first-order valence-corrected chi connectivity index (χ1v) is 18.1. The Balaban J connectivity index is 1.38. The highest BCUT2D eigenvalue weighted by atomic mass is 32.2. The molecule has 1 aliphatic rings. The van der Waals surface area contributed by atoms with Crippen LogP contribution in [0.3, 0.4) is 0 Å². The fraction of sp³-hybridized carbons (Fsp3) is 0.343. The summed E-state index contributed by atoms with van der Waals surface area (Å²) >= 11 is 1.06. The molecule has 6 rings (SSSR count). The molecule has 5 aromatic rings. The molecule has 0 saturated carbocycles. The Bertz CT molecular complexity index is 2230. The number of amides is 1. The molecule has 1 atom stereocenters. The maximum Gasteiger partial charge on any atom is 0.420 e. The number of carbonyl (C=O) groups is 1. The molecule has 0 fully saturated rings. The number of methoxy groups -OCH3 is 2. The number of nitrogens with zero attached hydrogens (tertiary/aromatic N) is 4. The average molecular weight is 725 g/mol. The van der Waals surface area contributed by atoms with Gasteiger partial charge >= 0.3 is 11.8 Å². The van der Waals surface area contributed by atoms with Crippen LogP contribution in [0.5, 0.6) is 11.5 Å². The molecule has 0 saturated heterocycles. The number of sulfonamides is 1. The summed E-state index contributed by atoms with van der Waals surface area (Å²) in [5.74, 6) is -1.19. The second kappa shape index (κ2) is 13.4. The second-order valence-corrected chi connectivity index (χ2v) is 15.5. The van der Waals surface area contributed by atoms with Crippen LogP contribution in [0.2, 0.25) is 0 Å². The number of benzene rings is 3. The molecule has 2 aromatic heterocycles. The van der Waals surface area contributed by atoms with Gasteiger partial charge in [0.1, 0.15) is 22.0 Å². The predicted molar refractivity (Wildman–Crippen MR) is 186 cm³/mol. The largest absolute Gasteiger partial charge is 0.497 e. The van der Waals surface area contributed by atoms with E-state index in [2.05, 4.69) is 4.98 Å². The molecule has 0 radical (unpaired) electrons. The molecule has 0 bridgehead atoms. The van der Waals surface area contributed by atoms with Gasteiger partial charge in [-0.25, -0.2) is 31.7 Å². The van der Waals surface area contributed by atoms with Gasteiger partial charge in [-0.3, -0.25) is 4.57 Å². The van der Waals surface area contributed by atoms with Crippen molar-refractivity contribution in [3.8, 4) is 11.5 Å². The maximum absolute atomic E-state index is 16.4. The van der Waals surface area contributed by atoms with Crippen molar-refractivity contribution in [3.63, 3.8) is 0 Å². The summed E-state index contributed by atoms with van der Waals surface area (Å²) in [5.41, 5.74) is 2.01. The number of rotatable bonds is 9. The molecule has 1 unspecified atom stereocenters. The van der Waals surface area contributed by atoms with Crippen LogP contribution in [0, 0.1) is 5.82 Å². The summed E-state index contributed by atoms with van der Waals surface area (Å²) in [5, 5.41) is 1.71. The number of hydrogen-bond acceptors (Lipinski definition) is 10. The average Bonchev–Trinajstić information content (AvgIpc) is 3.73. The lowest BCUT2D eigenvalue weighted by Crippen LogP contribution is -2.40. The first kappa shape index (κ1) is 35.0. The fourth-order valence-electron chi connectivity index (χ4n) is 6.09. The Labute approximate surface area is 292 Å². The van der Waals surface area contributed by atoms with Crippen LogP contribution in [0.25, 0.3) is 11.1 Å². The third-order valence-electron chi connectivity index (χ3n) is 8.49. The van der Waals surface area contributed by atoms with Crippen LogP contribution < -0.4 is 19.5 Å². The number of carbonyl (C=O) groups excluding carboxylic acids is 1. The van der Waals surface area contributed by atoms with E-state index >= 15 is 4.39 Å². The Hall–Kier alpha value is -4.89. The van der Waals surface area contributed by atoms with Gasteiger partial charge in [-0.05, 0) is 75.1 Å². The van der Waals surface area contributed by atoms with Gasteiger partial charge in [-0.1, -0.05) is 18.2 Å². The lowest BCUT2D eigenvalue weighted by molar-refractivity contribution is 0.0223. The first-order chi connectivity index (χ1) is 23.7.